The summed E-state index contributed by atoms with van der Waals surface area (Å²) in [6, 6.07) is 6.50. The minimum atomic E-state index is -0.297. The Bertz CT molecular complexity index is 775. The van der Waals surface area contributed by atoms with Gasteiger partial charge in [0.2, 0.25) is 0 Å². The molecule has 4 nitrogen and oxygen atoms in total. The standard InChI is InChI=1S/C15H16FN3OS/c1-8(2)19-14-12(15(20)18-19)13(21-9(3)17-14)10-5-4-6-11(16)7-10/h4-8,13H,1-3H3,(H,18,20)/t13-/m0/s1. The van der Waals surface area contributed by atoms with E-state index in [1.807, 2.05) is 26.8 Å². The fourth-order valence-electron chi connectivity index (χ4n) is 2.49. The first-order valence-electron chi connectivity index (χ1n) is 6.79. The molecular formula is C15H16FN3OS. The summed E-state index contributed by atoms with van der Waals surface area (Å²) < 4.78 is 15.3. The van der Waals surface area contributed by atoms with Crippen LogP contribution in [0.4, 0.5) is 10.2 Å². The van der Waals surface area contributed by atoms with Gasteiger partial charge in [-0.3, -0.25) is 14.6 Å². The molecule has 3 rings (SSSR count). The van der Waals surface area contributed by atoms with Crippen molar-refractivity contribution in [2.24, 2.45) is 4.99 Å². The number of H-pyrrole nitrogens is 1. The topological polar surface area (TPSA) is 50.1 Å². The number of hydrogen-bond acceptors (Lipinski definition) is 3. The highest BCUT2D eigenvalue weighted by Crippen LogP contribution is 2.43. The molecule has 1 aliphatic heterocycles. The van der Waals surface area contributed by atoms with E-state index in [0.717, 1.165) is 10.6 Å². The fraction of sp³-hybridized carbons (Fsp3) is 0.333. The first-order chi connectivity index (χ1) is 9.97. The lowest BCUT2D eigenvalue weighted by molar-refractivity contribution is 0.533. The molecule has 0 unspecified atom stereocenters. The van der Waals surface area contributed by atoms with Crippen LogP contribution in [0.15, 0.2) is 34.1 Å². The van der Waals surface area contributed by atoms with Gasteiger partial charge >= 0.3 is 0 Å². The van der Waals surface area contributed by atoms with Crippen LogP contribution in [0.3, 0.4) is 0 Å². The van der Waals surface area contributed by atoms with Gasteiger partial charge in [0.1, 0.15) is 5.82 Å². The van der Waals surface area contributed by atoms with Crippen LogP contribution in [0.5, 0.6) is 0 Å². The van der Waals surface area contributed by atoms with Crippen molar-refractivity contribution in [1.29, 1.82) is 0 Å². The lowest BCUT2D eigenvalue weighted by Gasteiger charge is -2.21. The van der Waals surface area contributed by atoms with Crippen molar-refractivity contribution < 1.29 is 4.39 Å². The van der Waals surface area contributed by atoms with Gasteiger partial charge in [0, 0.05) is 6.04 Å². The van der Waals surface area contributed by atoms with Crippen LogP contribution >= 0.6 is 11.8 Å². The summed E-state index contributed by atoms with van der Waals surface area (Å²) in [7, 11) is 0. The van der Waals surface area contributed by atoms with Crippen molar-refractivity contribution >= 4 is 22.6 Å². The smallest absolute Gasteiger partial charge is 0.268 e. The Morgan fingerprint density at radius 1 is 1.43 bits per heavy atom. The van der Waals surface area contributed by atoms with Gasteiger partial charge in [0.05, 0.1) is 15.9 Å². The average molecular weight is 305 g/mol. The average Bonchev–Trinajstić information content (AvgIpc) is 2.75. The van der Waals surface area contributed by atoms with Gasteiger partial charge in [-0.05, 0) is 38.5 Å². The molecule has 1 aromatic heterocycles. The number of thioether (sulfide) groups is 1. The second-order valence-electron chi connectivity index (χ2n) is 5.33. The number of hydrogen-bond donors (Lipinski definition) is 1. The molecule has 1 aliphatic rings. The zero-order valence-corrected chi connectivity index (χ0v) is 12.9. The molecule has 0 amide bonds. The maximum Gasteiger partial charge on any atom is 0.271 e. The highest BCUT2D eigenvalue weighted by Gasteiger charge is 2.30. The molecule has 0 saturated heterocycles. The summed E-state index contributed by atoms with van der Waals surface area (Å²) in [6.45, 7) is 5.88. The monoisotopic (exact) mass is 305 g/mol. The molecule has 1 atom stereocenters. The molecule has 0 aliphatic carbocycles. The van der Waals surface area contributed by atoms with Crippen molar-refractivity contribution in [1.82, 2.24) is 9.78 Å². The number of rotatable bonds is 2. The van der Waals surface area contributed by atoms with E-state index in [-0.39, 0.29) is 22.7 Å². The van der Waals surface area contributed by atoms with Crippen molar-refractivity contribution in [2.45, 2.75) is 32.1 Å². The van der Waals surface area contributed by atoms with Crippen LogP contribution < -0.4 is 5.56 Å². The zero-order chi connectivity index (χ0) is 15.1. The molecule has 110 valence electrons. The Labute approximate surface area is 126 Å². The minimum absolute atomic E-state index is 0.106. The fourth-order valence-corrected chi connectivity index (χ4v) is 3.58. The van der Waals surface area contributed by atoms with Gasteiger partial charge in [-0.25, -0.2) is 9.38 Å². The molecule has 2 heterocycles. The van der Waals surface area contributed by atoms with Gasteiger partial charge in [-0.1, -0.05) is 23.9 Å². The van der Waals surface area contributed by atoms with Crippen LogP contribution in [0, 0.1) is 5.82 Å². The van der Waals surface area contributed by atoms with Crippen LogP contribution in [0.2, 0.25) is 0 Å². The number of fused-ring (bicyclic) bond motifs is 1. The van der Waals surface area contributed by atoms with E-state index in [1.54, 1.807) is 10.7 Å². The molecule has 2 aromatic rings. The molecule has 0 bridgehead atoms. The maximum absolute atomic E-state index is 13.5. The second kappa shape index (κ2) is 5.18. The van der Waals surface area contributed by atoms with Crippen molar-refractivity contribution in [3.8, 4) is 0 Å². The Kier molecular flexibility index (Phi) is 3.49. The van der Waals surface area contributed by atoms with Crippen LogP contribution in [0.25, 0.3) is 0 Å². The lowest BCUT2D eigenvalue weighted by Crippen LogP contribution is -2.13. The summed E-state index contributed by atoms with van der Waals surface area (Å²) in [5.74, 6) is 0.357. The quantitative estimate of drug-likeness (QED) is 0.918. The third-order valence-corrected chi connectivity index (χ3v) is 4.59. The Hall–Kier alpha value is -1.82. The van der Waals surface area contributed by atoms with Crippen LogP contribution in [-0.2, 0) is 0 Å². The van der Waals surface area contributed by atoms with Gasteiger partial charge in [-0.2, -0.15) is 0 Å². The third kappa shape index (κ3) is 2.44. The Morgan fingerprint density at radius 2 is 2.19 bits per heavy atom. The van der Waals surface area contributed by atoms with Gasteiger partial charge in [0.15, 0.2) is 5.82 Å². The molecule has 1 aromatic carbocycles. The molecule has 0 spiro atoms. The molecule has 0 fully saturated rings. The zero-order valence-electron chi connectivity index (χ0n) is 12.1. The van der Waals surface area contributed by atoms with Crippen molar-refractivity contribution in [3.63, 3.8) is 0 Å². The first-order valence-corrected chi connectivity index (χ1v) is 7.67. The third-order valence-electron chi connectivity index (χ3n) is 3.42. The van der Waals surface area contributed by atoms with E-state index >= 15 is 0 Å². The van der Waals surface area contributed by atoms with Crippen LogP contribution in [-0.4, -0.2) is 14.8 Å². The second-order valence-corrected chi connectivity index (χ2v) is 6.62. The lowest BCUT2D eigenvalue weighted by atomic mass is 10.1. The maximum atomic E-state index is 13.5. The van der Waals surface area contributed by atoms with Crippen molar-refractivity contribution in [2.75, 3.05) is 0 Å². The SMILES string of the molecule is CC1=Nc2c(c(=O)[nH]n2C(C)C)[C@H](c2cccc(F)c2)S1. The van der Waals surface area contributed by atoms with E-state index in [4.69, 9.17) is 0 Å². The molecule has 0 saturated carbocycles. The molecule has 0 radical (unpaired) electrons. The number of benzene rings is 1. The molecule has 6 heteroatoms. The van der Waals surface area contributed by atoms with Gasteiger partial charge < -0.3 is 0 Å². The number of aromatic amines is 1. The Morgan fingerprint density at radius 3 is 2.86 bits per heavy atom. The van der Waals surface area contributed by atoms with E-state index < -0.39 is 0 Å². The van der Waals surface area contributed by atoms with Gasteiger partial charge in [0.25, 0.3) is 5.56 Å². The first kappa shape index (κ1) is 14.1. The predicted molar refractivity (Wildman–Crippen MR) is 84.0 cm³/mol. The molecule has 21 heavy (non-hydrogen) atoms. The summed E-state index contributed by atoms with van der Waals surface area (Å²) in [5, 5.41) is 3.48. The minimum Gasteiger partial charge on any atom is -0.268 e. The summed E-state index contributed by atoms with van der Waals surface area (Å²) >= 11 is 1.48. The van der Waals surface area contributed by atoms with Crippen LogP contribution in [0.1, 0.15) is 43.2 Å². The van der Waals surface area contributed by atoms with Crippen molar-refractivity contribution in [3.05, 3.63) is 51.6 Å². The van der Waals surface area contributed by atoms with E-state index in [0.29, 0.717) is 11.4 Å². The summed E-state index contributed by atoms with van der Waals surface area (Å²) in [5.41, 5.74) is 1.23. The number of aromatic nitrogens is 2. The number of halogens is 1. The van der Waals surface area contributed by atoms with E-state index in [9.17, 15) is 9.18 Å². The normalized spacial score (nSPS) is 17.8. The highest BCUT2D eigenvalue weighted by molar-refractivity contribution is 8.14. The molecule has 1 N–H and O–H groups in total. The summed E-state index contributed by atoms with van der Waals surface area (Å²) in [6.07, 6.45) is 0. The number of nitrogens with zero attached hydrogens (tertiary/aromatic N) is 2. The largest absolute Gasteiger partial charge is 0.271 e. The predicted octanol–water partition coefficient (Wildman–Crippen LogP) is 3.78. The highest BCUT2D eigenvalue weighted by atomic mass is 32.2. The summed E-state index contributed by atoms with van der Waals surface area (Å²) in [4.78, 5) is 16.8. The number of aliphatic imine (C=N–C) groups is 1. The molecular weight excluding hydrogens is 289 g/mol. The number of nitrogens with one attached hydrogen (secondary N) is 1. The van der Waals surface area contributed by atoms with Gasteiger partial charge in [-0.15, -0.1) is 0 Å². The van der Waals surface area contributed by atoms with E-state index in [1.165, 1.54) is 23.9 Å². The Balaban J connectivity index is 2.20. The van der Waals surface area contributed by atoms with E-state index in [2.05, 4.69) is 10.1 Å².